The highest BCUT2D eigenvalue weighted by atomic mass is 16.5. The maximum absolute atomic E-state index is 6.18. The highest BCUT2D eigenvalue weighted by Crippen LogP contribution is 2.35. The SMILES string of the molecule is CC1CCC(C(C)C)C(Oc2ccc([C@@H](C)N)cn2)C1. The van der Waals surface area contributed by atoms with Gasteiger partial charge in [0.25, 0.3) is 0 Å². The van der Waals surface area contributed by atoms with Gasteiger partial charge >= 0.3 is 0 Å². The third-order valence-corrected chi connectivity index (χ3v) is 4.52. The zero-order valence-corrected chi connectivity index (χ0v) is 13.2. The van der Waals surface area contributed by atoms with Gasteiger partial charge in [-0.25, -0.2) is 4.98 Å². The van der Waals surface area contributed by atoms with Gasteiger partial charge < -0.3 is 10.5 Å². The topological polar surface area (TPSA) is 48.1 Å². The van der Waals surface area contributed by atoms with E-state index in [4.69, 9.17) is 10.5 Å². The predicted octanol–water partition coefficient (Wildman–Crippen LogP) is 3.94. The number of rotatable bonds is 4. The van der Waals surface area contributed by atoms with Crippen molar-refractivity contribution in [2.24, 2.45) is 23.5 Å². The van der Waals surface area contributed by atoms with Crippen molar-refractivity contribution in [3.63, 3.8) is 0 Å². The van der Waals surface area contributed by atoms with Crippen molar-refractivity contribution in [2.75, 3.05) is 0 Å². The van der Waals surface area contributed by atoms with E-state index in [9.17, 15) is 0 Å². The van der Waals surface area contributed by atoms with E-state index in [1.807, 2.05) is 25.3 Å². The maximum Gasteiger partial charge on any atom is 0.213 e. The molecule has 1 aliphatic rings. The number of aromatic nitrogens is 1. The first-order chi connectivity index (χ1) is 9.47. The third-order valence-electron chi connectivity index (χ3n) is 4.52. The second-order valence-corrected chi connectivity index (χ2v) is 6.70. The molecule has 0 aromatic carbocycles. The minimum Gasteiger partial charge on any atom is -0.474 e. The summed E-state index contributed by atoms with van der Waals surface area (Å²) in [5.74, 6) is 2.79. The van der Waals surface area contributed by atoms with Gasteiger partial charge in [-0.3, -0.25) is 0 Å². The highest BCUT2D eigenvalue weighted by Gasteiger charge is 2.32. The van der Waals surface area contributed by atoms with Crippen molar-refractivity contribution in [1.29, 1.82) is 0 Å². The first-order valence-electron chi connectivity index (χ1n) is 7.85. The molecule has 0 radical (unpaired) electrons. The van der Waals surface area contributed by atoms with E-state index in [1.54, 1.807) is 0 Å². The van der Waals surface area contributed by atoms with Crippen molar-refractivity contribution < 1.29 is 4.74 Å². The maximum atomic E-state index is 6.18. The Morgan fingerprint density at radius 3 is 2.55 bits per heavy atom. The first kappa shape index (κ1) is 15.3. The molecule has 20 heavy (non-hydrogen) atoms. The summed E-state index contributed by atoms with van der Waals surface area (Å²) in [6, 6.07) is 3.99. The molecule has 2 rings (SSSR count). The lowest BCUT2D eigenvalue weighted by Gasteiger charge is -2.37. The van der Waals surface area contributed by atoms with Crippen LogP contribution in [0, 0.1) is 17.8 Å². The third kappa shape index (κ3) is 3.72. The second-order valence-electron chi connectivity index (χ2n) is 6.70. The Morgan fingerprint density at radius 1 is 1.25 bits per heavy atom. The minimum absolute atomic E-state index is 0.0228. The van der Waals surface area contributed by atoms with Gasteiger partial charge in [-0.05, 0) is 43.1 Å². The molecule has 4 atom stereocenters. The fourth-order valence-electron chi connectivity index (χ4n) is 3.14. The van der Waals surface area contributed by atoms with Gasteiger partial charge in [0, 0.05) is 18.3 Å². The van der Waals surface area contributed by atoms with Crippen molar-refractivity contribution in [2.45, 2.75) is 59.1 Å². The average molecular weight is 276 g/mol. The molecule has 3 heteroatoms. The van der Waals surface area contributed by atoms with Crippen molar-refractivity contribution in [1.82, 2.24) is 4.98 Å². The van der Waals surface area contributed by atoms with Crippen LogP contribution in [0.15, 0.2) is 18.3 Å². The minimum atomic E-state index is 0.0228. The number of hydrogen-bond acceptors (Lipinski definition) is 3. The van der Waals surface area contributed by atoms with Crippen LogP contribution in [0.3, 0.4) is 0 Å². The van der Waals surface area contributed by atoms with Crippen LogP contribution in [0.2, 0.25) is 0 Å². The van der Waals surface area contributed by atoms with Crippen LogP contribution < -0.4 is 10.5 Å². The molecular weight excluding hydrogens is 248 g/mol. The predicted molar refractivity (Wildman–Crippen MR) is 82.6 cm³/mol. The summed E-state index contributed by atoms with van der Waals surface area (Å²) in [6.07, 6.45) is 5.85. The normalized spacial score (nSPS) is 28.4. The summed E-state index contributed by atoms with van der Waals surface area (Å²) in [4.78, 5) is 4.41. The number of ether oxygens (including phenoxy) is 1. The summed E-state index contributed by atoms with van der Waals surface area (Å²) in [6.45, 7) is 8.88. The van der Waals surface area contributed by atoms with E-state index in [2.05, 4.69) is 25.8 Å². The van der Waals surface area contributed by atoms with Gasteiger partial charge in [0.1, 0.15) is 6.10 Å². The fraction of sp³-hybridized carbons (Fsp3) is 0.706. The van der Waals surface area contributed by atoms with Crippen LogP contribution >= 0.6 is 0 Å². The van der Waals surface area contributed by atoms with Gasteiger partial charge in [0.15, 0.2) is 0 Å². The fourth-order valence-corrected chi connectivity index (χ4v) is 3.14. The van der Waals surface area contributed by atoms with Gasteiger partial charge in [0.05, 0.1) is 0 Å². The largest absolute Gasteiger partial charge is 0.474 e. The van der Waals surface area contributed by atoms with E-state index in [0.29, 0.717) is 17.9 Å². The van der Waals surface area contributed by atoms with Crippen LogP contribution in [0.1, 0.15) is 58.6 Å². The smallest absolute Gasteiger partial charge is 0.213 e. The number of nitrogens with two attached hydrogens (primary N) is 1. The van der Waals surface area contributed by atoms with Crippen molar-refractivity contribution in [3.8, 4) is 5.88 Å². The molecule has 1 aromatic heterocycles. The summed E-state index contributed by atoms with van der Waals surface area (Å²) in [5, 5.41) is 0. The zero-order valence-electron chi connectivity index (χ0n) is 13.2. The van der Waals surface area contributed by atoms with Gasteiger partial charge in [-0.2, -0.15) is 0 Å². The molecule has 112 valence electrons. The number of hydrogen-bond donors (Lipinski definition) is 1. The molecule has 1 saturated carbocycles. The highest BCUT2D eigenvalue weighted by molar-refractivity contribution is 5.20. The van der Waals surface area contributed by atoms with Crippen molar-refractivity contribution >= 4 is 0 Å². The monoisotopic (exact) mass is 276 g/mol. The molecule has 2 N–H and O–H groups in total. The Hall–Kier alpha value is -1.09. The average Bonchev–Trinajstić information content (AvgIpc) is 2.39. The Bertz CT molecular complexity index is 414. The number of pyridine rings is 1. The van der Waals surface area contributed by atoms with Crippen LogP contribution in [-0.2, 0) is 0 Å². The molecule has 0 aliphatic heterocycles. The van der Waals surface area contributed by atoms with E-state index in [0.717, 1.165) is 23.8 Å². The molecule has 1 aromatic rings. The van der Waals surface area contributed by atoms with E-state index in [-0.39, 0.29) is 6.04 Å². The lowest BCUT2D eigenvalue weighted by molar-refractivity contribution is 0.0426. The van der Waals surface area contributed by atoms with Gasteiger partial charge in [0.2, 0.25) is 5.88 Å². The quantitative estimate of drug-likeness (QED) is 0.906. The second kappa shape index (κ2) is 6.57. The van der Waals surface area contributed by atoms with Gasteiger partial charge in [-0.15, -0.1) is 0 Å². The Kier molecular flexibility index (Phi) is 5.03. The first-order valence-corrected chi connectivity index (χ1v) is 7.85. The molecule has 3 nitrogen and oxygen atoms in total. The Morgan fingerprint density at radius 2 is 2.00 bits per heavy atom. The zero-order chi connectivity index (χ0) is 14.7. The molecule has 3 unspecified atom stereocenters. The molecule has 1 fully saturated rings. The van der Waals surface area contributed by atoms with E-state index in [1.165, 1.54) is 12.8 Å². The summed E-state index contributed by atoms with van der Waals surface area (Å²) >= 11 is 0. The molecule has 0 bridgehead atoms. The molecule has 1 aliphatic carbocycles. The van der Waals surface area contributed by atoms with Crippen LogP contribution in [0.5, 0.6) is 5.88 Å². The molecule has 0 saturated heterocycles. The summed E-state index contributed by atoms with van der Waals surface area (Å²) < 4.78 is 6.18. The van der Waals surface area contributed by atoms with Crippen LogP contribution in [0.25, 0.3) is 0 Å². The number of nitrogens with zero attached hydrogens (tertiary/aromatic N) is 1. The molecule has 0 spiro atoms. The van der Waals surface area contributed by atoms with Crippen LogP contribution in [-0.4, -0.2) is 11.1 Å². The summed E-state index contributed by atoms with van der Waals surface area (Å²) in [7, 11) is 0. The standard InChI is InChI=1S/C17H28N2O/c1-11(2)15-7-5-12(3)9-16(15)20-17-8-6-14(10-19-17)13(4)18/h6,8,10-13,15-16H,5,7,9,18H2,1-4H3/t12?,13-,15?,16?/m1/s1. The molecular formula is C17H28N2O. The Balaban J connectivity index is 2.05. The van der Waals surface area contributed by atoms with Gasteiger partial charge in [-0.1, -0.05) is 33.3 Å². The van der Waals surface area contributed by atoms with E-state index < -0.39 is 0 Å². The lowest BCUT2D eigenvalue weighted by Crippen LogP contribution is -2.36. The van der Waals surface area contributed by atoms with Crippen molar-refractivity contribution in [3.05, 3.63) is 23.9 Å². The summed E-state index contributed by atoms with van der Waals surface area (Å²) in [5.41, 5.74) is 6.90. The lowest BCUT2D eigenvalue weighted by atomic mass is 9.75. The van der Waals surface area contributed by atoms with E-state index >= 15 is 0 Å². The molecule has 0 amide bonds. The molecule has 1 heterocycles. The Labute approximate surface area is 122 Å². The van der Waals surface area contributed by atoms with Crippen LogP contribution in [0.4, 0.5) is 0 Å².